The number of hydrogen-bond acceptors (Lipinski definition) is 4. The van der Waals surface area contributed by atoms with Crippen LogP contribution in [0.1, 0.15) is 44.7 Å². The van der Waals surface area contributed by atoms with Crippen molar-refractivity contribution in [2.45, 2.75) is 39.2 Å². The van der Waals surface area contributed by atoms with Crippen LogP contribution in [0.3, 0.4) is 0 Å². The van der Waals surface area contributed by atoms with E-state index in [-0.39, 0.29) is 0 Å². The lowest BCUT2D eigenvalue weighted by molar-refractivity contribution is 0.158. The molecule has 0 radical (unpaired) electrons. The molecule has 4 heteroatoms. The highest BCUT2D eigenvalue weighted by molar-refractivity contribution is 5.54. The van der Waals surface area contributed by atoms with Gasteiger partial charge in [0.2, 0.25) is 0 Å². The van der Waals surface area contributed by atoms with E-state index in [0.29, 0.717) is 11.8 Å². The normalized spacial score (nSPS) is 20.4. The summed E-state index contributed by atoms with van der Waals surface area (Å²) in [5.74, 6) is 1.33. The Morgan fingerprint density at radius 2 is 1.91 bits per heavy atom. The van der Waals surface area contributed by atoms with E-state index < -0.39 is 0 Å². The predicted molar refractivity (Wildman–Crippen MR) is 96.2 cm³/mol. The third kappa shape index (κ3) is 3.99. The molecule has 1 saturated heterocycles. The molecule has 1 saturated carbocycles. The molecule has 0 spiro atoms. The summed E-state index contributed by atoms with van der Waals surface area (Å²) in [5, 5.41) is 14.1. The van der Waals surface area contributed by atoms with Gasteiger partial charge >= 0.3 is 0 Å². The van der Waals surface area contributed by atoms with Crippen molar-refractivity contribution < 1.29 is 5.11 Å². The van der Waals surface area contributed by atoms with Crippen molar-refractivity contribution in [3.63, 3.8) is 0 Å². The molecule has 0 amide bonds. The molecule has 1 aliphatic carbocycles. The molecule has 3 rings (SSSR count). The Morgan fingerprint density at radius 3 is 2.48 bits per heavy atom. The summed E-state index contributed by atoms with van der Waals surface area (Å²) < 4.78 is 0. The lowest BCUT2D eigenvalue weighted by Gasteiger charge is -2.36. The fraction of sp³-hybridized carbons (Fsp3) is 0.684. The van der Waals surface area contributed by atoms with E-state index in [4.69, 9.17) is 0 Å². The number of hydrogen-bond donors (Lipinski definition) is 2. The Labute approximate surface area is 140 Å². The quantitative estimate of drug-likeness (QED) is 0.811. The summed E-state index contributed by atoms with van der Waals surface area (Å²) in [4.78, 5) is 4.84. The van der Waals surface area contributed by atoms with E-state index in [1.165, 1.54) is 19.3 Å². The molecule has 128 valence electrons. The summed E-state index contributed by atoms with van der Waals surface area (Å²) in [6.45, 7) is 10.5. The zero-order valence-corrected chi connectivity index (χ0v) is 14.6. The molecule has 4 nitrogen and oxygen atoms in total. The molecule has 0 aromatic heterocycles. The number of phenols is 1. The van der Waals surface area contributed by atoms with Gasteiger partial charge < -0.3 is 15.3 Å². The van der Waals surface area contributed by atoms with Gasteiger partial charge in [0.1, 0.15) is 5.75 Å². The van der Waals surface area contributed by atoms with Crippen LogP contribution in [0.25, 0.3) is 0 Å². The van der Waals surface area contributed by atoms with Crippen LogP contribution in [0.15, 0.2) is 18.2 Å². The van der Waals surface area contributed by atoms with E-state index in [0.717, 1.165) is 56.4 Å². The Balaban J connectivity index is 1.82. The van der Waals surface area contributed by atoms with Gasteiger partial charge in [0, 0.05) is 62.6 Å². The van der Waals surface area contributed by atoms with Gasteiger partial charge in [-0.05, 0) is 32.3 Å². The number of nitrogens with zero attached hydrogens (tertiary/aromatic N) is 2. The molecular formula is C19H31N3O. The fourth-order valence-electron chi connectivity index (χ4n) is 3.74. The van der Waals surface area contributed by atoms with Gasteiger partial charge in [0.25, 0.3) is 0 Å². The number of benzene rings is 1. The number of nitrogens with one attached hydrogen (secondary N) is 1. The minimum Gasteiger partial charge on any atom is -0.508 e. The summed E-state index contributed by atoms with van der Waals surface area (Å²) in [5.41, 5.74) is 2.25. The standard InChI is InChI=1S/C19H31N3O/c1-3-21(4-2)16-7-8-17(19(23)14-16)18(13-15-5-6-15)22-11-9-20-10-12-22/h7-8,14-15,18,20,23H,3-6,9-13H2,1-2H3/t18-/m0/s1. The van der Waals surface area contributed by atoms with Crippen molar-refractivity contribution in [2.24, 2.45) is 5.92 Å². The first-order chi connectivity index (χ1) is 11.2. The molecule has 1 aromatic carbocycles. The molecule has 2 aliphatic rings. The average Bonchev–Trinajstić information content (AvgIpc) is 3.39. The number of anilines is 1. The SMILES string of the molecule is CCN(CC)c1ccc([C@H](CC2CC2)N2CCNCC2)c(O)c1. The van der Waals surface area contributed by atoms with Gasteiger partial charge in [-0.15, -0.1) is 0 Å². The Hall–Kier alpha value is -1.26. The highest BCUT2D eigenvalue weighted by Crippen LogP contribution is 2.42. The van der Waals surface area contributed by atoms with Crippen LogP contribution in [0.2, 0.25) is 0 Å². The summed E-state index contributed by atoms with van der Waals surface area (Å²) in [6.07, 6.45) is 3.92. The van der Waals surface area contributed by atoms with Crippen LogP contribution in [-0.2, 0) is 0 Å². The molecular weight excluding hydrogens is 286 g/mol. The van der Waals surface area contributed by atoms with Gasteiger partial charge in [-0.1, -0.05) is 18.9 Å². The third-order valence-electron chi connectivity index (χ3n) is 5.35. The summed E-state index contributed by atoms with van der Waals surface area (Å²) in [6, 6.07) is 6.68. The number of piperazine rings is 1. The molecule has 0 bridgehead atoms. The van der Waals surface area contributed by atoms with Crippen molar-refractivity contribution in [3.05, 3.63) is 23.8 Å². The Morgan fingerprint density at radius 1 is 1.22 bits per heavy atom. The Kier molecular flexibility index (Phi) is 5.44. The Bertz CT molecular complexity index is 505. The maximum atomic E-state index is 10.7. The maximum Gasteiger partial charge on any atom is 0.122 e. The average molecular weight is 317 g/mol. The van der Waals surface area contributed by atoms with Crippen molar-refractivity contribution in [1.82, 2.24) is 10.2 Å². The largest absolute Gasteiger partial charge is 0.508 e. The highest BCUT2D eigenvalue weighted by Gasteiger charge is 2.31. The van der Waals surface area contributed by atoms with Crippen LogP contribution >= 0.6 is 0 Å². The van der Waals surface area contributed by atoms with Crippen LogP contribution in [0.4, 0.5) is 5.69 Å². The molecule has 1 atom stereocenters. The lowest BCUT2D eigenvalue weighted by atomic mass is 9.97. The second-order valence-corrected chi connectivity index (χ2v) is 6.90. The van der Waals surface area contributed by atoms with E-state index in [1.54, 1.807) is 0 Å². The molecule has 23 heavy (non-hydrogen) atoms. The minimum atomic E-state index is 0.371. The molecule has 1 aromatic rings. The van der Waals surface area contributed by atoms with Gasteiger partial charge in [0.05, 0.1) is 0 Å². The molecule has 1 aliphatic heterocycles. The second kappa shape index (κ2) is 7.54. The molecule has 2 N–H and O–H groups in total. The molecule has 0 unspecified atom stereocenters. The fourth-order valence-corrected chi connectivity index (χ4v) is 3.74. The van der Waals surface area contributed by atoms with Gasteiger partial charge in [-0.3, -0.25) is 4.90 Å². The van der Waals surface area contributed by atoms with Crippen LogP contribution < -0.4 is 10.2 Å². The van der Waals surface area contributed by atoms with Gasteiger partial charge in [-0.25, -0.2) is 0 Å². The topological polar surface area (TPSA) is 38.7 Å². The van der Waals surface area contributed by atoms with Gasteiger partial charge in [-0.2, -0.15) is 0 Å². The van der Waals surface area contributed by atoms with E-state index in [9.17, 15) is 5.11 Å². The first-order valence-electron chi connectivity index (χ1n) is 9.25. The first-order valence-corrected chi connectivity index (χ1v) is 9.25. The number of phenolic OH excluding ortho intramolecular Hbond substituents is 1. The molecule has 1 heterocycles. The third-order valence-corrected chi connectivity index (χ3v) is 5.35. The number of aromatic hydroxyl groups is 1. The summed E-state index contributed by atoms with van der Waals surface area (Å²) in [7, 11) is 0. The minimum absolute atomic E-state index is 0.371. The zero-order chi connectivity index (χ0) is 16.2. The smallest absolute Gasteiger partial charge is 0.122 e. The monoisotopic (exact) mass is 317 g/mol. The highest BCUT2D eigenvalue weighted by atomic mass is 16.3. The number of rotatable bonds is 7. The lowest BCUT2D eigenvalue weighted by Crippen LogP contribution is -2.45. The second-order valence-electron chi connectivity index (χ2n) is 6.90. The summed E-state index contributed by atoms with van der Waals surface area (Å²) >= 11 is 0. The zero-order valence-electron chi connectivity index (χ0n) is 14.6. The predicted octanol–water partition coefficient (Wildman–Crippen LogP) is 2.98. The van der Waals surface area contributed by atoms with Crippen LogP contribution in [-0.4, -0.2) is 49.3 Å². The molecule has 2 fully saturated rings. The van der Waals surface area contributed by atoms with Gasteiger partial charge in [0.15, 0.2) is 0 Å². The maximum absolute atomic E-state index is 10.7. The van der Waals surface area contributed by atoms with Crippen molar-refractivity contribution in [3.8, 4) is 5.75 Å². The van der Waals surface area contributed by atoms with Crippen molar-refractivity contribution in [2.75, 3.05) is 44.2 Å². The first kappa shape index (κ1) is 16.6. The van der Waals surface area contributed by atoms with Crippen molar-refractivity contribution in [1.29, 1.82) is 0 Å². The van der Waals surface area contributed by atoms with Crippen LogP contribution in [0, 0.1) is 5.92 Å². The van der Waals surface area contributed by atoms with Crippen molar-refractivity contribution >= 4 is 5.69 Å². The van der Waals surface area contributed by atoms with E-state index in [1.807, 2.05) is 6.07 Å². The van der Waals surface area contributed by atoms with E-state index in [2.05, 4.69) is 41.1 Å². The van der Waals surface area contributed by atoms with Crippen LogP contribution in [0.5, 0.6) is 5.75 Å². The van der Waals surface area contributed by atoms with E-state index >= 15 is 0 Å².